The van der Waals surface area contributed by atoms with Crippen LogP contribution in [0, 0.1) is 6.92 Å². The molecule has 2 aromatic rings. The Hall–Kier alpha value is -1.12. The SMILES string of the molecule is CCCCNCc1cc(C(C)C)nc2c(C)cc(Cl)cc12. The molecule has 0 unspecified atom stereocenters. The van der Waals surface area contributed by atoms with E-state index in [1.807, 2.05) is 12.1 Å². The summed E-state index contributed by atoms with van der Waals surface area (Å²) in [5.74, 6) is 0.430. The summed E-state index contributed by atoms with van der Waals surface area (Å²) < 4.78 is 0. The maximum Gasteiger partial charge on any atom is 0.0738 e. The van der Waals surface area contributed by atoms with E-state index >= 15 is 0 Å². The molecule has 1 aromatic heterocycles. The minimum Gasteiger partial charge on any atom is -0.313 e. The van der Waals surface area contributed by atoms with Gasteiger partial charge in [-0.1, -0.05) is 38.8 Å². The molecule has 0 radical (unpaired) electrons. The van der Waals surface area contributed by atoms with E-state index in [0.717, 1.165) is 34.9 Å². The van der Waals surface area contributed by atoms with Crippen molar-refractivity contribution in [1.29, 1.82) is 0 Å². The third-order valence-electron chi connectivity index (χ3n) is 3.79. The number of hydrogen-bond acceptors (Lipinski definition) is 2. The molecule has 0 saturated carbocycles. The Bertz CT molecular complexity index is 620. The van der Waals surface area contributed by atoms with Crippen LogP contribution in [0.25, 0.3) is 10.9 Å². The molecular formula is C18H25ClN2. The largest absolute Gasteiger partial charge is 0.313 e. The van der Waals surface area contributed by atoms with Crippen LogP contribution in [0.5, 0.6) is 0 Å². The minimum absolute atomic E-state index is 0.430. The lowest BCUT2D eigenvalue weighted by atomic mass is 10.0. The van der Waals surface area contributed by atoms with Crippen LogP contribution in [-0.2, 0) is 6.54 Å². The van der Waals surface area contributed by atoms with E-state index in [4.69, 9.17) is 16.6 Å². The van der Waals surface area contributed by atoms with Gasteiger partial charge in [0.2, 0.25) is 0 Å². The first-order valence-corrected chi connectivity index (χ1v) is 8.21. The lowest BCUT2D eigenvalue weighted by molar-refractivity contribution is 0.642. The summed E-state index contributed by atoms with van der Waals surface area (Å²) in [6.07, 6.45) is 2.42. The summed E-state index contributed by atoms with van der Waals surface area (Å²) in [5, 5.41) is 5.49. The third kappa shape index (κ3) is 3.96. The molecule has 0 atom stereocenters. The van der Waals surface area contributed by atoms with E-state index in [0.29, 0.717) is 5.92 Å². The number of unbranched alkanes of at least 4 members (excludes halogenated alkanes) is 1. The summed E-state index contributed by atoms with van der Waals surface area (Å²) in [6, 6.07) is 6.26. The van der Waals surface area contributed by atoms with Crippen molar-refractivity contribution in [2.24, 2.45) is 0 Å². The number of pyridine rings is 1. The molecule has 0 saturated heterocycles. The molecule has 1 aromatic carbocycles. The second kappa shape index (κ2) is 7.24. The van der Waals surface area contributed by atoms with Crippen molar-refractivity contribution in [3.05, 3.63) is 40.0 Å². The highest BCUT2D eigenvalue weighted by Crippen LogP contribution is 2.28. The van der Waals surface area contributed by atoms with Crippen LogP contribution >= 0.6 is 11.6 Å². The molecule has 0 aliphatic rings. The molecule has 0 bridgehead atoms. The number of benzene rings is 1. The number of aryl methyl sites for hydroxylation is 1. The van der Waals surface area contributed by atoms with Crippen molar-refractivity contribution in [2.45, 2.75) is 53.0 Å². The Labute approximate surface area is 132 Å². The highest BCUT2D eigenvalue weighted by molar-refractivity contribution is 6.31. The fourth-order valence-electron chi connectivity index (χ4n) is 2.51. The molecule has 2 rings (SSSR count). The highest BCUT2D eigenvalue weighted by Gasteiger charge is 2.11. The van der Waals surface area contributed by atoms with Crippen LogP contribution in [0.4, 0.5) is 0 Å². The Balaban J connectivity index is 2.44. The van der Waals surface area contributed by atoms with Crippen molar-refractivity contribution < 1.29 is 0 Å². The molecule has 114 valence electrons. The van der Waals surface area contributed by atoms with Crippen LogP contribution in [0.3, 0.4) is 0 Å². The molecule has 21 heavy (non-hydrogen) atoms. The van der Waals surface area contributed by atoms with Crippen LogP contribution in [0.15, 0.2) is 18.2 Å². The van der Waals surface area contributed by atoms with Crippen molar-refractivity contribution in [2.75, 3.05) is 6.54 Å². The van der Waals surface area contributed by atoms with Crippen LogP contribution in [-0.4, -0.2) is 11.5 Å². The van der Waals surface area contributed by atoms with E-state index in [-0.39, 0.29) is 0 Å². The van der Waals surface area contributed by atoms with Crippen molar-refractivity contribution >= 4 is 22.5 Å². The predicted molar refractivity (Wildman–Crippen MR) is 92.2 cm³/mol. The predicted octanol–water partition coefficient (Wildman–Crippen LogP) is 5.21. The zero-order valence-electron chi connectivity index (χ0n) is 13.5. The van der Waals surface area contributed by atoms with Crippen molar-refractivity contribution in [3.8, 4) is 0 Å². The highest BCUT2D eigenvalue weighted by atomic mass is 35.5. The summed E-state index contributed by atoms with van der Waals surface area (Å²) in [4.78, 5) is 4.83. The Morgan fingerprint density at radius 3 is 2.67 bits per heavy atom. The molecule has 3 heteroatoms. The van der Waals surface area contributed by atoms with Gasteiger partial charge in [0, 0.05) is 22.6 Å². The molecule has 1 heterocycles. The molecule has 0 aliphatic heterocycles. The fraction of sp³-hybridized carbons (Fsp3) is 0.500. The number of aromatic nitrogens is 1. The molecule has 0 aliphatic carbocycles. The van der Waals surface area contributed by atoms with Crippen LogP contribution in [0.1, 0.15) is 56.4 Å². The molecular weight excluding hydrogens is 280 g/mol. The van der Waals surface area contributed by atoms with Gasteiger partial charge >= 0.3 is 0 Å². The monoisotopic (exact) mass is 304 g/mol. The van der Waals surface area contributed by atoms with Gasteiger partial charge in [-0.15, -0.1) is 0 Å². The first kappa shape index (κ1) is 16.3. The second-order valence-corrected chi connectivity index (χ2v) is 6.45. The zero-order valence-corrected chi connectivity index (χ0v) is 14.2. The van der Waals surface area contributed by atoms with Gasteiger partial charge < -0.3 is 5.32 Å². The number of hydrogen-bond donors (Lipinski definition) is 1. The molecule has 1 N–H and O–H groups in total. The maximum absolute atomic E-state index is 6.23. The van der Waals surface area contributed by atoms with Gasteiger partial charge in [-0.05, 0) is 55.1 Å². The van der Waals surface area contributed by atoms with Gasteiger partial charge in [-0.2, -0.15) is 0 Å². The first-order chi connectivity index (χ1) is 10.0. The number of nitrogens with zero attached hydrogens (tertiary/aromatic N) is 1. The van der Waals surface area contributed by atoms with E-state index in [2.05, 4.69) is 39.1 Å². The van der Waals surface area contributed by atoms with E-state index in [1.165, 1.54) is 23.8 Å². The maximum atomic E-state index is 6.23. The second-order valence-electron chi connectivity index (χ2n) is 6.01. The average molecular weight is 305 g/mol. The molecule has 0 amide bonds. The summed E-state index contributed by atoms with van der Waals surface area (Å²) in [6.45, 7) is 10.6. The van der Waals surface area contributed by atoms with Gasteiger partial charge in [-0.3, -0.25) is 4.98 Å². The normalized spacial score (nSPS) is 11.5. The smallest absolute Gasteiger partial charge is 0.0738 e. The van der Waals surface area contributed by atoms with E-state index < -0.39 is 0 Å². The first-order valence-electron chi connectivity index (χ1n) is 7.83. The summed E-state index contributed by atoms with van der Waals surface area (Å²) in [7, 11) is 0. The van der Waals surface area contributed by atoms with Crippen molar-refractivity contribution in [1.82, 2.24) is 10.3 Å². The van der Waals surface area contributed by atoms with E-state index in [9.17, 15) is 0 Å². The average Bonchev–Trinajstić information content (AvgIpc) is 2.43. The standard InChI is InChI=1S/C18H25ClN2/c1-5-6-7-20-11-14-9-17(12(2)3)21-18-13(4)8-15(19)10-16(14)18/h8-10,12,20H,5-7,11H2,1-4H3. The van der Waals surface area contributed by atoms with Gasteiger partial charge in [-0.25, -0.2) is 0 Å². The lowest BCUT2D eigenvalue weighted by Crippen LogP contribution is -2.15. The topological polar surface area (TPSA) is 24.9 Å². The molecule has 0 spiro atoms. The number of nitrogens with one attached hydrogen (secondary N) is 1. The molecule has 0 fully saturated rings. The summed E-state index contributed by atoms with van der Waals surface area (Å²) in [5.41, 5.74) is 4.68. The minimum atomic E-state index is 0.430. The lowest BCUT2D eigenvalue weighted by Gasteiger charge is -2.14. The Morgan fingerprint density at radius 2 is 2.00 bits per heavy atom. The van der Waals surface area contributed by atoms with Gasteiger partial charge in [0.1, 0.15) is 0 Å². The Kier molecular flexibility index (Phi) is 5.60. The van der Waals surface area contributed by atoms with Crippen LogP contribution < -0.4 is 5.32 Å². The fourth-order valence-corrected chi connectivity index (χ4v) is 2.79. The number of rotatable bonds is 6. The quantitative estimate of drug-likeness (QED) is 0.741. The third-order valence-corrected chi connectivity index (χ3v) is 4.01. The van der Waals surface area contributed by atoms with Gasteiger partial charge in [0.25, 0.3) is 0 Å². The van der Waals surface area contributed by atoms with Crippen molar-refractivity contribution in [3.63, 3.8) is 0 Å². The van der Waals surface area contributed by atoms with Gasteiger partial charge in [0.15, 0.2) is 0 Å². The Morgan fingerprint density at radius 1 is 1.24 bits per heavy atom. The van der Waals surface area contributed by atoms with Crippen LogP contribution in [0.2, 0.25) is 5.02 Å². The summed E-state index contributed by atoms with van der Waals surface area (Å²) >= 11 is 6.23. The van der Waals surface area contributed by atoms with E-state index in [1.54, 1.807) is 0 Å². The van der Waals surface area contributed by atoms with Gasteiger partial charge in [0.05, 0.1) is 5.52 Å². The molecule has 2 nitrogen and oxygen atoms in total. The number of fused-ring (bicyclic) bond motifs is 1. The number of halogens is 1. The zero-order chi connectivity index (χ0) is 15.4.